The minimum absolute atomic E-state index is 0.0557. The molecule has 1 amide bonds. The molecule has 0 aliphatic carbocycles. The molecule has 1 saturated heterocycles. The van der Waals surface area contributed by atoms with Gasteiger partial charge in [0.25, 0.3) is 0 Å². The second-order valence-corrected chi connectivity index (χ2v) is 8.42. The first-order valence-electron chi connectivity index (χ1n) is 8.94. The van der Waals surface area contributed by atoms with Gasteiger partial charge in [0.2, 0.25) is 15.9 Å². The number of hydrogen-bond acceptors (Lipinski definition) is 4. The first-order chi connectivity index (χ1) is 13.8. The van der Waals surface area contributed by atoms with Crippen LogP contribution in [0.4, 0.5) is 14.5 Å². The van der Waals surface area contributed by atoms with Gasteiger partial charge in [0, 0.05) is 19.2 Å². The number of hydrogen-bond donors (Lipinski definition) is 1. The van der Waals surface area contributed by atoms with Crippen molar-refractivity contribution in [2.24, 2.45) is 0 Å². The van der Waals surface area contributed by atoms with E-state index in [1.165, 1.54) is 22.5 Å². The molecule has 1 aliphatic rings. The number of halogens is 2. The van der Waals surface area contributed by atoms with Gasteiger partial charge in [-0.05, 0) is 47.9 Å². The van der Waals surface area contributed by atoms with E-state index in [0.29, 0.717) is 18.7 Å². The molecule has 0 unspecified atom stereocenters. The summed E-state index contributed by atoms with van der Waals surface area (Å²) >= 11 is 0. The Morgan fingerprint density at radius 1 is 1.14 bits per heavy atom. The molecule has 6 nitrogen and oxygen atoms in total. The largest absolute Gasteiger partial charge is 0.435 e. The Morgan fingerprint density at radius 3 is 2.41 bits per heavy atom. The zero-order chi connectivity index (χ0) is 20.9. The van der Waals surface area contributed by atoms with E-state index in [2.05, 4.69) is 10.1 Å². The summed E-state index contributed by atoms with van der Waals surface area (Å²) in [5, 5.41) is 2.69. The molecule has 0 spiro atoms. The molecule has 2 aromatic carbocycles. The first kappa shape index (κ1) is 20.8. The van der Waals surface area contributed by atoms with Crippen molar-refractivity contribution in [1.82, 2.24) is 5.32 Å². The minimum Gasteiger partial charge on any atom is -0.435 e. The van der Waals surface area contributed by atoms with Crippen LogP contribution in [0.3, 0.4) is 0 Å². The molecule has 1 fully saturated rings. The summed E-state index contributed by atoms with van der Waals surface area (Å²) in [5.41, 5.74) is 2.11. The molecule has 29 heavy (non-hydrogen) atoms. The molecule has 0 saturated carbocycles. The predicted octanol–water partition coefficient (Wildman–Crippen LogP) is 3.16. The monoisotopic (exact) mass is 422 g/mol. The van der Waals surface area contributed by atoms with Crippen molar-refractivity contribution < 1.29 is 26.7 Å². The summed E-state index contributed by atoms with van der Waals surface area (Å²) in [4.78, 5) is 12.0. The van der Waals surface area contributed by atoms with Gasteiger partial charge in [-0.3, -0.25) is 9.10 Å². The van der Waals surface area contributed by atoms with Crippen LogP contribution in [0.2, 0.25) is 0 Å². The SMILES string of the molecule is O=C(/C=C/c1ccc(N2CCCS2(=O)=O)cc1)NCc1ccc(OC(F)F)cc1. The van der Waals surface area contributed by atoms with Crippen molar-refractivity contribution in [2.75, 3.05) is 16.6 Å². The Hall–Kier alpha value is -2.94. The second-order valence-electron chi connectivity index (χ2n) is 6.41. The normalized spacial score (nSPS) is 15.8. The fourth-order valence-corrected chi connectivity index (χ4v) is 4.45. The molecule has 0 aromatic heterocycles. The average Bonchev–Trinajstić information content (AvgIpc) is 3.05. The van der Waals surface area contributed by atoms with Gasteiger partial charge in [-0.1, -0.05) is 24.3 Å². The molecule has 0 atom stereocenters. The third-order valence-electron chi connectivity index (χ3n) is 4.32. The van der Waals surface area contributed by atoms with E-state index >= 15 is 0 Å². The van der Waals surface area contributed by atoms with Gasteiger partial charge in [-0.15, -0.1) is 0 Å². The van der Waals surface area contributed by atoms with Crippen molar-refractivity contribution in [3.63, 3.8) is 0 Å². The van der Waals surface area contributed by atoms with Crippen LogP contribution in [0, 0.1) is 0 Å². The van der Waals surface area contributed by atoms with Crippen molar-refractivity contribution in [2.45, 2.75) is 19.6 Å². The standard InChI is InChI=1S/C20H20F2N2O4S/c21-20(22)28-18-9-4-16(5-10-18)14-23-19(25)11-6-15-2-7-17(8-3-15)24-12-1-13-29(24,26)27/h2-11,20H,1,12-14H2,(H,23,25)/b11-6+. The molecule has 2 aromatic rings. The van der Waals surface area contributed by atoms with Crippen LogP contribution in [-0.4, -0.2) is 33.2 Å². The number of amides is 1. The van der Waals surface area contributed by atoms with Crippen LogP contribution in [0.15, 0.2) is 54.6 Å². The molecule has 9 heteroatoms. The lowest BCUT2D eigenvalue weighted by Gasteiger charge is -2.16. The molecule has 1 N–H and O–H groups in total. The van der Waals surface area contributed by atoms with Crippen LogP contribution in [-0.2, 0) is 21.4 Å². The average molecular weight is 422 g/mol. The van der Waals surface area contributed by atoms with Crippen LogP contribution in [0.25, 0.3) is 6.08 Å². The Kier molecular flexibility index (Phi) is 6.48. The fourth-order valence-electron chi connectivity index (χ4n) is 2.89. The van der Waals surface area contributed by atoms with E-state index in [1.807, 2.05) is 0 Å². The number of anilines is 1. The highest BCUT2D eigenvalue weighted by atomic mass is 32.2. The number of ether oxygens (including phenoxy) is 1. The molecular weight excluding hydrogens is 402 g/mol. The van der Waals surface area contributed by atoms with E-state index < -0.39 is 16.6 Å². The molecule has 1 heterocycles. The number of sulfonamides is 1. The first-order valence-corrected chi connectivity index (χ1v) is 10.5. The molecule has 0 radical (unpaired) electrons. The van der Waals surface area contributed by atoms with Crippen molar-refractivity contribution in [3.8, 4) is 5.75 Å². The zero-order valence-electron chi connectivity index (χ0n) is 15.4. The number of alkyl halides is 2. The number of benzene rings is 2. The highest BCUT2D eigenvalue weighted by molar-refractivity contribution is 7.93. The Morgan fingerprint density at radius 2 is 1.83 bits per heavy atom. The van der Waals surface area contributed by atoms with Crippen LogP contribution < -0.4 is 14.4 Å². The van der Waals surface area contributed by atoms with Gasteiger partial charge in [-0.25, -0.2) is 8.42 Å². The number of carbonyl (C=O) groups excluding carboxylic acids is 1. The quantitative estimate of drug-likeness (QED) is 0.696. The Bertz CT molecular complexity index is 975. The molecule has 3 rings (SSSR count). The van der Waals surface area contributed by atoms with E-state index in [0.717, 1.165) is 11.1 Å². The summed E-state index contributed by atoms with van der Waals surface area (Å²) in [7, 11) is -3.22. The smallest absolute Gasteiger partial charge is 0.387 e. The lowest BCUT2D eigenvalue weighted by atomic mass is 10.2. The summed E-state index contributed by atoms with van der Waals surface area (Å²) < 4.78 is 53.8. The summed E-state index contributed by atoms with van der Waals surface area (Å²) in [5.74, 6) is -0.0965. The highest BCUT2D eigenvalue weighted by Gasteiger charge is 2.28. The summed E-state index contributed by atoms with van der Waals surface area (Å²) in [6, 6.07) is 12.9. The van der Waals surface area contributed by atoms with Gasteiger partial charge in [-0.2, -0.15) is 8.78 Å². The van der Waals surface area contributed by atoms with Gasteiger partial charge < -0.3 is 10.1 Å². The molecule has 154 valence electrons. The summed E-state index contributed by atoms with van der Waals surface area (Å²) in [6.07, 6.45) is 3.61. The topological polar surface area (TPSA) is 75.7 Å². The zero-order valence-corrected chi connectivity index (χ0v) is 16.2. The predicted molar refractivity (Wildman–Crippen MR) is 106 cm³/mol. The van der Waals surface area contributed by atoms with Crippen molar-refractivity contribution in [3.05, 3.63) is 65.7 Å². The Labute approximate surface area is 167 Å². The van der Waals surface area contributed by atoms with E-state index in [4.69, 9.17) is 0 Å². The van der Waals surface area contributed by atoms with Crippen molar-refractivity contribution in [1.29, 1.82) is 0 Å². The van der Waals surface area contributed by atoms with Gasteiger partial charge in [0.05, 0.1) is 11.4 Å². The third kappa shape index (κ3) is 5.77. The maximum atomic E-state index is 12.1. The van der Waals surface area contributed by atoms with E-state index in [-0.39, 0.29) is 24.0 Å². The van der Waals surface area contributed by atoms with Crippen LogP contribution in [0.5, 0.6) is 5.75 Å². The lowest BCUT2D eigenvalue weighted by molar-refractivity contribution is -0.116. The minimum atomic E-state index is -3.22. The lowest BCUT2D eigenvalue weighted by Crippen LogP contribution is -2.24. The summed E-state index contributed by atoms with van der Waals surface area (Å²) in [6.45, 7) is -2.15. The maximum absolute atomic E-state index is 12.1. The number of carbonyl (C=O) groups is 1. The maximum Gasteiger partial charge on any atom is 0.387 e. The fraction of sp³-hybridized carbons (Fsp3) is 0.250. The Balaban J connectivity index is 1.51. The van der Waals surface area contributed by atoms with Crippen LogP contribution in [0.1, 0.15) is 17.5 Å². The number of nitrogens with one attached hydrogen (secondary N) is 1. The van der Waals surface area contributed by atoms with E-state index in [9.17, 15) is 22.0 Å². The number of rotatable bonds is 7. The number of nitrogens with zero attached hydrogens (tertiary/aromatic N) is 1. The van der Waals surface area contributed by atoms with Crippen molar-refractivity contribution >= 4 is 27.7 Å². The third-order valence-corrected chi connectivity index (χ3v) is 6.19. The van der Waals surface area contributed by atoms with Gasteiger partial charge in [0.15, 0.2) is 0 Å². The van der Waals surface area contributed by atoms with Gasteiger partial charge in [0.1, 0.15) is 5.75 Å². The molecule has 1 aliphatic heterocycles. The molecular formula is C20H20F2N2O4S. The van der Waals surface area contributed by atoms with Gasteiger partial charge >= 0.3 is 6.61 Å². The second kappa shape index (κ2) is 9.04. The van der Waals surface area contributed by atoms with E-state index in [1.54, 1.807) is 42.5 Å². The highest BCUT2D eigenvalue weighted by Crippen LogP contribution is 2.24. The van der Waals surface area contributed by atoms with Crippen LogP contribution >= 0.6 is 0 Å². The molecule has 0 bridgehead atoms.